The molecule has 4 N–H and O–H groups in total. The van der Waals surface area contributed by atoms with Gasteiger partial charge in [-0.15, -0.1) is 0 Å². The molecule has 0 radical (unpaired) electrons. The second-order valence-electron chi connectivity index (χ2n) is 7.10. The Morgan fingerprint density at radius 2 is 2.08 bits per heavy atom. The molecule has 3 atom stereocenters. The number of hydrogen-bond acceptors (Lipinski definition) is 5. The van der Waals surface area contributed by atoms with Crippen molar-refractivity contribution in [3.8, 4) is 0 Å². The number of amides is 2. The number of nitrogens with zero attached hydrogens (tertiary/aromatic N) is 2. The van der Waals surface area contributed by atoms with Gasteiger partial charge >= 0.3 is 6.09 Å². The Hall–Kier alpha value is -2.19. The molecule has 26 heavy (non-hydrogen) atoms. The van der Waals surface area contributed by atoms with E-state index in [2.05, 4.69) is 10.3 Å². The van der Waals surface area contributed by atoms with Crippen LogP contribution in [0.25, 0.3) is 0 Å². The van der Waals surface area contributed by atoms with Crippen molar-refractivity contribution < 1.29 is 24.7 Å². The summed E-state index contributed by atoms with van der Waals surface area (Å²) in [6.07, 6.45) is 2.57. The van der Waals surface area contributed by atoms with Gasteiger partial charge in [-0.3, -0.25) is 9.78 Å². The van der Waals surface area contributed by atoms with E-state index in [-0.39, 0.29) is 24.5 Å². The Bertz CT molecular complexity index is 596. The van der Waals surface area contributed by atoms with Gasteiger partial charge in [-0.2, -0.15) is 0 Å². The van der Waals surface area contributed by atoms with E-state index >= 15 is 0 Å². The number of ether oxygens (including phenoxy) is 1. The van der Waals surface area contributed by atoms with Crippen molar-refractivity contribution in [2.24, 2.45) is 5.92 Å². The number of aromatic nitrogens is 1. The van der Waals surface area contributed by atoms with Crippen molar-refractivity contribution in [2.75, 3.05) is 20.1 Å². The first-order valence-corrected chi connectivity index (χ1v) is 8.97. The van der Waals surface area contributed by atoms with Crippen LogP contribution < -0.4 is 10.6 Å². The summed E-state index contributed by atoms with van der Waals surface area (Å²) in [5, 5.41) is 14.7. The predicted molar refractivity (Wildman–Crippen MR) is 95.0 cm³/mol. The summed E-state index contributed by atoms with van der Waals surface area (Å²) in [7, 11) is 1.67. The van der Waals surface area contributed by atoms with Crippen molar-refractivity contribution in [1.29, 1.82) is 0 Å². The second-order valence-corrected chi connectivity index (χ2v) is 7.10. The number of quaternary nitrogens is 1. The van der Waals surface area contributed by atoms with Crippen LogP contribution in [0.5, 0.6) is 0 Å². The Kier molecular flexibility index (Phi) is 7.35. The van der Waals surface area contributed by atoms with Gasteiger partial charge in [0.05, 0.1) is 6.54 Å². The smallest absolute Gasteiger partial charge is 0.408 e. The third kappa shape index (κ3) is 5.67. The maximum Gasteiger partial charge on any atom is 0.408 e. The maximum atomic E-state index is 12.8. The molecule has 1 aromatic rings. The van der Waals surface area contributed by atoms with Gasteiger partial charge in [0.1, 0.15) is 31.3 Å². The van der Waals surface area contributed by atoms with Gasteiger partial charge in [0.15, 0.2) is 0 Å². The Morgan fingerprint density at radius 1 is 1.38 bits per heavy atom. The molecule has 1 fully saturated rings. The fourth-order valence-corrected chi connectivity index (χ4v) is 3.08. The average Bonchev–Trinajstić information content (AvgIpc) is 3.04. The van der Waals surface area contributed by atoms with Crippen molar-refractivity contribution in [1.82, 2.24) is 15.2 Å². The number of likely N-dealkylation sites (N-methyl/N-ethyl adjacent to an activating group) is 1. The normalized spacial score (nSPS) is 20.7. The molecule has 0 spiro atoms. The van der Waals surface area contributed by atoms with Crippen LogP contribution in [0, 0.1) is 5.92 Å². The number of carbonyl (C=O) groups is 2. The monoisotopic (exact) mass is 365 g/mol. The summed E-state index contributed by atoms with van der Waals surface area (Å²) in [5.41, 5.74) is 0.823. The van der Waals surface area contributed by atoms with Crippen LogP contribution in [0.2, 0.25) is 0 Å². The van der Waals surface area contributed by atoms with E-state index in [1.54, 1.807) is 36.5 Å². The molecule has 8 nitrogen and oxygen atoms in total. The topological polar surface area (TPSA) is 108 Å². The molecular weight excluding hydrogens is 336 g/mol. The number of nitrogens with one attached hydrogen (secondary N) is 1. The van der Waals surface area contributed by atoms with E-state index < -0.39 is 18.2 Å². The molecule has 1 aromatic heterocycles. The first-order chi connectivity index (χ1) is 12.4. The molecule has 1 aliphatic heterocycles. The number of alkyl carbamates (subject to hydrolysis) is 1. The van der Waals surface area contributed by atoms with Gasteiger partial charge in [0.25, 0.3) is 0 Å². The highest BCUT2D eigenvalue weighted by Gasteiger charge is 2.37. The Balaban J connectivity index is 1.94. The standard InChI is InChI=1S/C18H28N4O4/c1-12(2)8-14(17(24)22(3)15-9-20-10-16(15)23)21-18(25)26-11-13-4-6-19-7-5-13/h4-7,12,14-16,20,23H,8-11H2,1-3H3,(H,21,25)/p+1/t14-,15?,16?/m0/s1. The van der Waals surface area contributed by atoms with Gasteiger partial charge in [0, 0.05) is 19.4 Å². The number of hydrogen-bond donors (Lipinski definition) is 3. The van der Waals surface area contributed by atoms with Gasteiger partial charge in [0.2, 0.25) is 5.91 Å². The number of nitrogens with two attached hydrogens (primary N) is 1. The lowest BCUT2D eigenvalue weighted by atomic mass is 10.0. The molecule has 2 amide bonds. The molecule has 2 unspecified atom stereocenters. The fraction of sp³-hybridized carbons (Fsp3) is 0.611. The zero-order valence-electron chi connectivity index (χ0n) is 15.6. The van der Waals surface area contributed by atoms with E-state index in [4.69, 9.17) is 4.74 Å². The van der Waals surface area contributed by atoms with Gasteiger partial charge < -0.3 is 25.4 Å². The lowest BCUT2D eigenvalue weighted by Crippen LogP contribution is -2.82. The van der Waals surface area contributed by atoms with E-state index in [0.29, 0.717) is 19.5 Å². The summed E-state index contributed by atoms with van der Waals surface area (Å²) >= 11 is 0. The largest absolute Gasteiger partial charge is 0.445 e. The molecular formula is C18H29N4O4+. The third-order valence-electron chi connectivity index (χ3n) is 4.52. The minimum absolute atomic E-state index is 0.114. The number of rotatable bonds is 7. The molecule has 0 saturated carbocycles. The fourth-order valence-electron chi connectivity index (χ4n) is 3.08. The second kappa shape index (κ2) is 9.49. The van der Waals surface area contributed by atoms with Crippen LogP contribution in [0.3, 0.4) is 0 Å². The average molecular weight is 365 g/mol. The highest BCUT2D eigenvalue weighted by atomic mass is 16.5. The van der Waals surface area contributed by atoms with Crippen LogP contribution in [0.15, 0.2) is 24.5 Å². The number of pyridine rings is 1. The molecule has 8 heteroatoms. The number of aliphatic hydroxyl groups is 1. The lowest BCUT2D eigenvalue weighted by molar-refractivity contribution is -0.639. The molecule has 144 valence electrons. The van der Waals surface area contributed by atoms with Crippen molar-refractivity contribution in [2.45, 2.75) is 45.1 Å². The summed E-state index contributed by atoms with van der Waals surface area (Å²) in [5.74, 6) is 0.0109. The SMILES string of the molecule is CC(C)C[C@H](NC(=O)OCc1ccncc1)C(=O)N(C)C1C[NH2+]CC1O. The molecule has 1 saturated heterocycles. The molecule has 0 aromatic carbocycles. The minimum Gasteiger partial charge on any atom is -0.445 e. The summed E-state index contributed by atoms with van der Waals surface area (Å²) < 4.78 is 5.21. The molecule has 2 rings (SSSR count). The summed E-state index contributed by atoms with van der Waals surface area (Å²) in [4.78, 5) is 30.4. The van der Waals surface area contributed by atoms with E-state index in [1.165, 1.54) is 0 Å². The quantitative estimate of drug-likeness (QED) is 0.603. The van der Waals surface area contributed by atoms with Crippen LogP contribution in [0.4, 0.5) is 4.79 Å². The Morgan fingerprint density at radius 3 is 2.65 bits per heavy atom. The first kappa shape index (κ1) is 20.1. The van der Waals surface area contributed by atoms with Crippen LogP contribution in [-0.4, -0.2) is 65.3 Å². The molecule has 1 aliphatic rings. The van der Waals surface area contributed by atoms with Gasteiger partial charge in [-0.25, -0.2) is 4.79 Å². The van der Waals surface area contributed by atoms with Crippen LogP contribution in [0.1, 0.15) is 25.8 Å². The van der Waals surface area contributed by atoms with Crippen molar-refractivity contribution in [3.05, 3.63) is 30.1 Å². The highest BCUT2D eigenvalue weighted by Crippen LogP contribution is 2.12. The van der Waals surface area contributed by atoms with Crippen molar-refractivity contribution >= 4 is 12.0 Å². The zero-order valence-corrected chi connectivity index (χ0v) is 15.6. The number of carbonyl (C=O) groups excluding carboxylic acids is 2. The minimum atomic E-state index is -0.683. The first-order valence-electron chi connectivity index (χ1n) is 8.97. The van der Waals surface area contributed by atoms with Gasteiger partial charge in [-0.1, -0.05) is 13.8 Å². The van der Waals surface area contributed by atoms with Crippen LogP contribution in [-0.2, 0) is 16.1 Å². The number of aliphatic hydroxyl groups excluding tert-OH is 1. The zero-order chi connectivity index (χ0) is 19.1. The summed E-state index contributed by atoms with van der Waals surface area (Å²) in [6, 6.07) is 2.59. The van der Waals surface area contributed by atoms with Crippen molar-refractivity contribution in [3.63, 3.8) is 0 Å². The molecule has 2 heterocycles. The van der Waals surface area contributed by atoms with E-state index in [9.17, 15) is 14.7 Å². The summed E-state index contributed by atoms with van der Waals surface area (Å²) in [6.45, 7) is 5.33. The molecule has 0 aliphatic carbocycles. The van der Waals surface area contributed by atoms with E-state index in [1.807, 2.05) is 19.2 Å². The highest BCUT2D eigenvalue weighted by molar-refractivity contribution is 5.85. The predicted octanol–water partition coefficient (Wildman–Crippen LogP) is -0.513. The lowest BCUT2D eigenvalue weighted by Gasteiger charge is -2.29. The Labute approximate surface area is 153 Å². The van der Waals surface area contributed by atoms with Gasteiger partial charge in [-0.05, 0) is 30.0 Å². The van der Waals surface area contributed by atoms with Crippen LogP contribution >= 0.6 is 0 Å². The third-order valence-corrected chi connectivity index (χ3v) is 4.52. The maximum absolute atomic E-state index is 12.8. The van der Waals surface area contributed by atoms with E-state index in [0.717, 1.165) is 5.56 Å². The molecule has 0 bridgehead atoms.